The molecule has 0 bridgehead atoms. The number of benzene rings is 2. The highest BCUT2D eigenvalue weighted by molar-refractivity contribution is 7.85. The lowest BCUT2D eigenvalue weighted by molar-refractivity contribution is 0.486. The first-order valence-electron chi connectivity index (χ1n) is 5.48. The van der Waals surface area contributed by atoms with E-state index in [2.05, 4.69) is 9.24 Å². The lowest BCUT2D eigenvalue weighted by Gasteiger charge is -2.09. The zero-order chi connectivity index (χ0) is 13.9. The first-order chi connectivity index (χ1) is 8.94. The maximum absolute atomic E-state index is 12.7. The molecule has 1 unspecified atom stereocenters. The summed E-state index contributed by atoms with van der Waals surface area (Å²) in [7, 11) is -2.05. The molecule has 0 aliphatic rings. The molecule has 0 fully saturated rings. The highest BCUT2D eigenvalue weighted by Crippen LogP contribution is 2.23. The molecule has 0 aromatic heterocycles. The van der Waals surface area contributed by atoms with Crippen molar-refractivity contribution in [3.8, 4) is 11.5 Å². The van der Waals surface area contributed by atoms with Gasteiger partial charge >= 0.3 is 10.2 Å². The molecule has 0 saturated carbocycles. The second-order valence-electron chi connectivity index (χ2n) is 3.97. The highest BCUT2D eigenvalue weighted by atomic mass is 32.3. The van der Waals surface area contributed by atoms with Gasteiger partial charge in [0.1, 0.15) is 17.3 Å². The smallest absolute Gasteiger partial charge is 0.306 e. The van der Waals surface area contributed by atoms with E-state index in [0.717, 1.165) is 5.30 Å². The predicted molar refractivity (Wildman–Crippen MR) is 76.0 cm³/mol. The van der Waals surface area contributed by atoms with Crippen molar-refractivity contribution in [3.63, 3.8) is 0 Å². The molecule has 19 heavy (non-hydrogen) atoms. The average molecular weight is 298 g/mol. The minimum absolute atomic E-state index is 0.347. The average Bonchev–Trinajstić information content (AvgIpc) is 2.33. The summed E-state index contributed by atoms with van der Waals surface area (Å²) >= 11 is 0. The molecule has 0 aliphatic heterocycles. The van der Waals surface area contributed by atoms with Gasteiger partial charge in [0.15, 0.2) is 0 Å². The molecule has 0 radical (unpaired) electrons. The second kappa shape index (κ2) is 5.68. The summed E-state index contributed by atoms with van der Waals surface area (Å²) in [5, 5.41) is 0.767. The molecule has 0 amide bonds. The normalized spacial score (nSPS) is 11.3. The summed E-state index contributed by atoms with van der Waals surface area (Å²) in [6.07, 6.45) is 0. The minimum atomic E-state index is -4.54. The van der Waals surface area contributed by atoms with E-state index in [4.69, 9.17) is 4.74 Å². The molecule has 2 rings (SSSR count). The van der Waals surface area contributed by atoms with Crippen molar-refractivity contribution >= 4 is 24.8 Å². The van der Waals surface area contributed by atoms with Crippen LogP contribution < -0.4 is 10.0 Å². The number of hydrogen-bond acceptors (Lipinski definition) is 3. The molecule has 2 aromatic carbocycles. The quantitative estimate of drug-likeness (QED) is 0.644. The lowest BCUT2D eigenvalue weighted by atomic mass is 10.2. The Morgan fingerprint density at radius 2 is 1.79 bits per heavy atom. The predicted octanol–water partition coefficient (Wildman–Crippen LogP) is 2.78. The Hall–Kier alpha value is -1.45. The number of para-hydroxylation sites is 1. The minimum Gasteiger partial charge on any atom is -0.457 e. The van der Waals surface area contributed by atoms with E-state index in [1.165, 1.54) is 6.07 Å². The van der Waals surface area contributed by atoms with Crippen molar-refractivity contribution in [2.45, 2.75) is 5.75 Å². The van der Waals surface area contributed by atoms with Gasteiger partial charge in [0, 0.05) is 5.30 Å². The van der Waals surface area contributed by atoms with Gasteiger partial charge in [-0.1, -0.05) is 30.3 Å². The molecule has 100 valence electrons. The van der Waals surface area contributed by atoms with Crippen molar-refractivity contribution in [1.82, 2.24) is 0 Å². The molecular weight excluding hydrogens is 286 g/mol. The van der Waals surface area contributed by atoms with Crippen LogP contribution in [0.25, 0.3) is 0 Å². The van der Waals surface area contributed by atoms with E-state index in [1.54, 1.807) is 24.3 Å². The van der Waals surface area contributed by atoms with Crippen LogP contribution in [0.1, 0.15) is 5.56 Å². The Morgan fingerprint density at radius 1 is 1.11 bits per heavy atom. The maximum Gasteiger partial charge on any atom is 0.306 e. The molecule has 0 saturated heterocycles. The van der Waals surface area contributed by atoms with Gasteiger partial charge in [-0.3, -0.25) is 0 Å². The standard InChI is InChI=1S/C13H12FO3PS/c14-19(15,16)9-10-6-7-13(18)12(8-10)17-11-4-2-1-3-5-11/h1-8H,9,18H2. The van der Waals surface area contributed by atoms with E-state index >= 15 is 0 Å². The van der Waals surface area contributed by atoms with Gasteiger partial charge in [-0.05, 0) is 23.8 Å². The molecular formula is C13H12FO3PS. The van der Waals surface area contributed by atoms with E-state index in [1.807, 2.05) is 18.2 Å². The molecule has 0 heterocycles. The fourth-order valence-electron chi connectivity index (χ4n) is 1.57. The summed E-state index contributed by atoms with van der Waals surface area (Å²) in [5.41, 5.74) is 0.347. The second-order valence-corrected chi connectivity index (χ2v) is 5.96. The summed E-state index contributed by atoms with van der Waals surface area (Å²) in [5.74, 6) is 0.465. The zero-order valence-electron chi connectivity index (χ0n) is 9.91. The fraction of sp³-hybridized carbons (Fsp3) is 0.0769. The van der Waals surface area contributed by atoms with Crippen LogP contribution in [0.15, 0.2) is 48.5 Å². The van der Waals surface area contributed by atoms with E-state index in [9.17, 15) is 12.3 Å². The van der Waals surface area contributed by atoms with Crippen molar-refractivity contribution in [2.75, 3.05) is 0 Å². The lowest BCUT2D eigenvalue weighted by Crippen LogP contribution is -2.02. The zero-order valence-corrected chi connectivity index (χ0v) is 11.9. The van der Waals surface area contributed by atoms with Crippen LogP contribution in [0, 0.1) is 0 Å². The van der Waals surface area contributed by atoms with Gasteiger partial charge in [0.2, 0.25) is 0 Å². The molecule has 6 heteroatoms. The Bertz CT molecular complexity index is 672. The number of hydrogen-bond donors (Lipinski definition) is 0. The largest absolute Gasteiger partial charge is 0.457 e. The van der Waals surface area contributed by atoms with Gasteiger partial charge < -0.3 is 4.74 Å². The van der Waals surface area contributed by atoms with Crippen molar-refractivity contribution in [1.29, 1.82) is 0 Å². The molecule has 1 atom stereocenters. The van der Waals surface area contributed by atoms with Crippen LogP contribution in [0.4, 0.5) is 3.89 Å². The summed E-state index contributed by atoms with van der Waals surface area (Å²) in [4.78, 5) is 0. The van der Waals surface area contributed by atoms with Crippen molar-refractivity contribution in [3.05, 3.63) is 54.1 Å². The molecule has 0 spiro atoms. The van der Waals surface area contributed by atoms with E-state index in [0.29, 0.717) is 17.1 Å². The summed E-state index contributed by atoms with van der Waals surface area (Å²) < 4.78 is 39.6. The van der Waals surface area contributed by atoms with Crippen LogP contribution in [-0.4, -0.2) is 8.42 Å². The fourth-order valence-corrected chi connectivity index (χ4v) is 2.39. The number of rotatable bonds is 4. The van der Waals surface area contributed by atoms with Crippen LogP contribution in [0.3, 0.4) is 0 Å². The van der Waals surface area contributed by atoms with Gasteiger partial charge in [-0.15, -0.1) is 13.1 Å². The maximum atomic E-state index is 12.7. The Kier molecular flexibility index (Phi) is 4.17. The highest BCUT2D eigenvalue weighted by Gasteiger charge is 2.11. The third-order valence-corrected chi connectivity index (χ3v) is 3.54. The Labute approximate surface area is 113 Å². The van der Waals surface area contributed by atoms with Gasteiger partial charge in [-0.2, -0.15) is 8.42 Å². The Morgan fingerprint density at radius 3 is 2.42 bits per heavy atom. The van der Waals surface area contributed by atoms with E-state index in [-0.39, 0.29) is 0 Å². The number of ether oxygens (including phenoxy) is 1. The third-order valence-electron chi connectivity index (χ3n) is 2.39. The molecule has 2 aromatic rings. The van der Waals surface area contributed by atoms with Crippen LogP contribution >= 0.6 is 9.24 Å². The SMILES string of the molecule is O=S(=O)(F)Cc1ccc(P)c(Oc2ccccc2)c1. The van der Waals surface area contributed by atoms with E-state index < -0.39 is 16.0 Å². The first kappa shape index (κ1) is 14.0. The van der Waals surface area contributed by atoms with Crippen molar-refractivity contribution < 1.29 is 17.0 Å². The van der Waals surface area contributed by atoms with Crippen LogP contribution in [-0.2, 0) is 16.0 Å². The first-order valence-corrected chi connectivity index (χ1v) is 7.61. The van der Waals surface area contributed by atoms with Crippen LogP contribution in [0.5, 0.6) is 11.5 Å². The van der Waals surface area contributed by atoms with Gasteiger partial charge in [0.05, 0.1) is 0 Å². The number of halogens is 1. The molecule has 0 aliphatic carbocycles. The Balaban J connectivity index is 2.27. The van der Waals surface area contributed by atoms with Crippen LogP contribution in [0.2, 0.25) is 0 Å². The molecule has 3 nitrogen and oxygen atoms in total. The van der Waals surface area contributed by atoms with Crippen molar-refractivity contribution in [2.24, 2.45) is 0 Å². The summed E-state index contributed by atoms with van der Waals surface area (Å²) in [6.45, 7) is 0. The van der Waals surface area contributed by atoms with Gasteiger partial charge in [0.25, 0.3) is 0 Å². The third kappa shape index (κ3) is 4.30. The molecule has 0 N–H and O–H groups in total. The van der Waals surface area contributed by atoms with Gasteiger partial charge in [-0.25, -0.2) is 0 Å². The topological polar surface area (TPSA) is 43.4 Å². The summed E-state index contributed by atoms with van der Waals surface area (Å²) in [6, 6.07) is 13.8. The monoisotopic (exact) mass is 298 g/mol.